The molecule has 4 amide bonds. The van der Waals surface area contributed by atoms with Gasteiger partial charge in [-0.1, -0.05) is 56.3 Å². The number of anilines is 3. The number of carboxylic acids is 1. The van der Waals surface area contributed by atoms with E-state index in [9.17, 15) is 19.2 Å². The zero-order chi connectivity index (χ0) is 28.4. The van der Waals surface area contributed by atoms with Crippen LogP contribution in [-0.2, 0) is 27.2 Å². The third kappa shape index (κ3) is 9.62. The molecule has 0 saturated carbocycles. The maximum absolute atomic E-state index is 12.9. The van der Waals surface area contributed by atoms with Crippen LogP contribution in [-0.4, -0.2) is 35.0 Å². The molecule has 0 heterocycles. The number of nitrogens with one attached hydrogen (secondary N) is 4. The van der Waals surface area contributed by atoms with Crippen LogP contribution in [0.2, 0.25) is 0 Å². The standard InChI is InChI=1S/C30H34N4O5/c1-19(2)16-26(29(38)31-23-12-10-22(11-13-23)18-28(36)37)33-27(35)17-21-8-14-24(15-9-21)32-30(39)34-25-7-5-4-6-20(25)3/h4-15,19,26H,16-18H2,1-3H3,(H,31,38)(H,33,35)(H,36,37)(H2,32,34,39)/t26-/m0/s1. The highest BCUT2D eigenvalue weighted by atomic mass is 16.4. The van der Waals surface area contributed by atoms with Crippen LogP contribution in [0.25, 0.3) is 0 Å². The molecule has 0 aromatic heterocycles. The van der Waals surface area contributed by atoms with Gasteiger partial charge in [0.25, 0.3) is 0 Å². The zero-order valence-corrected chi connectivity index (χ0v) is 22.3. The SMILES string of the molecule is Cc1ccccc1NC(=O)Nc1ccc(CC(=O)N[C@@H](CC(C)C)C(=O)Nc2ccc(CC(=O)O)cc2)cc1. The third-order valence-electron chi connectivity index (χ3n) is 5.91. The predicted molar refractivity (Wildman–Crippen MR) is 152 cm³/mol. The molecule has 9 nitrogen and oxygen atoms in total. The van der Waals surface area contributed by atoms with Crippen molar-refractivity contribution in [2.24, 2.45) is 5.92 Å². The number of hydrogen-bond acceptors (Lipinski definition) is 4. The van der Waals surface area contributed by atoms with Gasteiger partial charge in [0, 0.05) is 17.1 Å². The van der Waals surface area contributed by atoms with E-state index in [1.807, 2.05) is 45.0 Å². The summed E-state index contributed by atoms with van der Waals surface area (Å²) in [6, 6.07) is 19.9. The maximum atomic E-state index is 12.9. The molecule has 3 aromatic carbocycles. The lowest BCUT2D eigenvalue weighted by atomic mass is 10.0. The highest BCUT2D eigenvalue weighted by Gasteiger charge is 2.22. The predicted octanol–water partition coefficient (Wildman–Crippen LogP) is 4.98. The highest BCUT2D eigenvalue weighted by Crippen LogP contribution is 2.16. The van der Waals surface area contributed by atoms with Crippen LogP contribution < -0.4 is 21.3 Å². The van der Waals surface area contributed by atoms with Crippen LogP contribution in [0.1, 0.15) is 37.0 Å². The third-order valence-corrected chi connectivity index (χ3v) is 5.91. The number of benzene rings is 3. The van der Waals surface area contributed by atoms with Crippen LogP contribution in [0.5, 0.6) is 0 Å². The van der Waals surface area contributed by atoms with Crippen molar-refractivity contribution in [1.82, 2.24) is 5.32 Å². The first-order valence-corrected chi connectivity index (χ1v) is 12.7. The Labute approximate surface area is 228 Å². The molecule has 39 heavy (non-hydrogen) atoms. The van der Waals surface area contributed by atoms with Gasteiger partial charge in [-0.05, 0) is 66.3 Å². The van der Waals surface area contributed by atoms with E-state index >= 15 is 0 Å². The summed E-state index contributed by atoms with van der Waals surface area (Å²) in [7, 11) is 0. The minimum atomic E-state index is -0.930. The van der Waals surface area contributed by atoms with Crippen molar-refractivity contribution in [2.75, 3.05) is 16.0 Å². The molecule has 0 spiro atoms. The average molecular weight is 531 g/mol. The lowest BCUT2D eigenvalue weighted by molar-refractivity contribution is -0.136. The summed E-state index contributed by atoms with van der Waals surface area (Å²) in [6.07, 6.45) is 0.423. The molecular formula is C30H34N4O5. The Morgan fingerprint density at radius 3 is 1.87 bits per heavy atom. The first-order chi connectivity index (χ1) is 18.6. The molecule has 0 aliphatic heterocycles. The summed E-state index contributed by atoms with van der Waals surface area (Å²) >= 11 is 0. The van der Waals surface area contributed by atoms with Gasteiger partial charge in [0.15, 0.2) is 0 Å². The van der Waals surface area contributed by atoms with Gasteiger partial charge < -0.3 is 26.4 Å². The Morgan fingerprint density at radius 2 is 1.31 bits per heavy atom. The monoisotopic (exact) mass is 530 g/mol. The van der Waals surface area contributed by atoms with E-state index in [4.69, 9.17) is 5.11 Å². The molecule has 9 heteroatoms. The molecule has 0 radical (unpaired) electrons. The minimum Gasteiger partial charge on any atom is -0.481 e. The van der Waals surface area contributed by atoms with Gasteiger partial charge in [0.1, 0.15) is 6.04 Å². The maximum Gasteiger partial charge on any atom is 0.323 e. The molecule has 0 aliphatic carbocycles. The smallest absolute Gasteiger partial charge is 0.323 e. The van der Waals surface area contributed by atoms with E-state index in [1.54, 1.807) is 48.5 Å². The van der Waals surface area contributed by atoms with Crippen molar-refractivity contribution in [3.05, 3.63) is 89.5 Å². The van der Waals surface area contributed by atoms with Crippen molar-refractivity contribution in [3.63, 3.8) is 0 Å². The molecule has 0 bridgehead atoms. The Bertz CT molecular complexity index is 1300. The van der Waals surface area contributed by atoms with Gasteiger partial charge in [-0.3, -0.25) is 14.4 Å². The molecule has 0 saturated heterocycles. The number of urea groups is 1. The number of aliphatic carboxylic acids is 1. The highest BCUT2D eigenvalue weighted by molar-refractivity contribution is 6.00. The lowest BCUT2D eigenvalue weighted by Crippen LogP contribution is -2.45. The minimum absolute atomic E-state index is 0.0709. The van der Waals surface area contributed by atoms with Crippen molar-refractivity contribution in [3.8, 4) is 0 Å². The van der Waals surface area contributed by atoms with Gasteiger partial charge in [-0.25, -0.2) is 4.79 Å². The van der Waals surface area contributed by atoms with E-state index in [-0.39, 0.29) is 36.6 Å². The first-order valence-electron chi connectivity index (χ1n) is 12.7. The fourth-order valence-electron chi connectivity index (χ4n) is 3.95. The van der Waals surface area contributed by atoms with E-state index < -0.39 is 12.0 Å². The molecule has 3 aromatic rings. The summed E-state index contributed by atoms with van der Waals surface area (Å²) in [4.78, 5) is 48.9. The number of carboxylic acid groups (broad SMARTS) is 1. The van der Waals surface area contributed by atoms with Crippen LogP contribution in [0.15, 0.2) is 72.8 Å². The second-order valence-electron chi connectivity index (χ2n) is 9.77. The van der Waals surface area contributed by atoms with Gasteiger partial charge >= 0.3 is 12.0 Å². The summed E-state index contributed by atoms with van der Waals surface area (Å²) in [5.41, 5.74) is 4.13. The average Bonchev–Trinajstić information content (AvgIpc) is 2.87. The molecule has 0 unspecified atom stereocenters. The fourth-order valence-corrected chi connectivity index (χ4v) is 3.95. The zero-order valence-electron chi connectivity index (χ0n) is 22.3. The second-order valence-corrected chi connectivity index (χ2v) is 9.77. The lowest BCUT2D eigenvalue weighted by Gasteiger charge is -2.20. The normalized spacial score (nSPS) is 11.4. The Hall–Kier alpha value is -4.66. The summed E-state index contributed by atoms with van der Waals surface area (Å²) in [5.74, 6) is -1.41. The topological polar surface area (TPSA) is 137 Å². The van der Waals surface area contributed by atoms with Crippen LogP contribution >= 0.6 is 0 Å². The number of aryl methyl sites for hydroxylation is 1. The van der Waals surface area contributed by atoms with E-state index in [0.29, 0.717) is 23.4 Å². The number of rotatable bonds is 11. The van der Waals surface area contributed by atoms with E-state index in [2.05, 4.69) is 21.3 Å². The number of para-hydroxylation sites is 1. The molecule has 5 N–H and O–H groups in total. The fraction of sp³-hybridized carbons (Fsp3) is 0.267. The summed E-state index contributed by atoms with van der Waals surface area (Å²) < 4.78 is 0. The Balaban J connectivity index is 1.54. The van der Waals surface area contributed by atoms with Gasteiger partial charge in [0.2, 0.25) is 11.8 Å². The number of carbonyl (C=O) groups excluding carboxylic acids is 3. The van der Waals surface area contributed by atoms with Crippen molar-refractivity contribution in [1.29, 1.82) is 0 Å². The number of amides is 4. The molecule has 1 atom stereocenters. The first kappa shape index (κ1) is 28.9. The van der Waals surface area contributed by atoms with Crippen LogP contribution in [0.4, 0.5) is 21.9 Å². The van der Waals surface area contributed by atoms with Crippen LogP contribution in [0.3, 0.4) is 0 Å². The second kappa shape index (κ2) is 13.8. The number of carbonyl (C=O) groups is 4. The van der Waals surface area contributed by atoms with Crippen LogP contribution in [0, 0.1) is 12.8 Å². The van der Waals surface area contributed by atoms with Crippen molar-refractivity contribution < 1.29 is 24.3 Å². The largest absolute Gasteiger partial charge is 0.481 e. The van der Waals surface area contributed by atoms with Crippen molar-refractivity contribution in [2.45, 2.75) is 46.1 Å². The van der Waals surface area contributed by atoms with E-state index in [0.717, 1.165) is 16.8 Å². The molecule has 0 fully saturated rings. The Kier molecular flexibility index (Phi) is 10.2. The van der Waals surface area contributed by atoms with Gasteiger partial charge in [0.05, 0.1) is 12.8 Å². The van der Waals surface area contributed by atoms with E-state index in [1.165, 1.54) is 0 Å². The summed E-state index contributed by atoms with van der Waals surface area (Å²) in [5, 5.41) is 20.1. The summed E-state index contributed by atoms with van der Waals surface area (Å²) in [6.45, 7) is 5.84. The quantitative estimate of drug-likeness (QED) is 0.238. The Morgan fingerprint density at radius 1 is 0.744 bits per heavy atom. The molecule has 3 rings (SSSR count). The van der Waals surface area contributed by atoms with Gasteiger partial charge in [-0.2, -0.15) is 0 Å². The molecular weight excluding hydrogens is 496 g/mol. The molecule has 0 aliphatic rings. The molecule has 204 valence electrons. The van der Waals surface area contributed by atoms with Gasteiger partial charge in [-0.15, -0.1) is 0 Å². The van der Waals surface area contributed by atoms with Crippen molar-refractivity contribution >= 4 is 40.9 Å². The number of hydrogen-bond donors (Lipinski definition) is 5.